The lowest BCUT2D eigenvalue weighted by Crippen LogP contribution is -2.40. The first-order valence-corrected chi connectivity index (χ1v) is 8.16. The van der Waals surface area contributed by atoms with Gasteiger partial charge < -0.3 is 0 Å². The summed E-state index contributed by atoms with van der Waals surface area (Å²) in [4.78, 5) is -0.673. The van der Waals surface area contributed by atoms with Crippen LogP contribution in [0.2, 0.25) is 0 Å². The van der Waals surface area contributed by atoms with Gasteiger partial charge in [0.05, 0.1) is 6.07 Å². The molecule has 1 aromatic carbocycles. The van der Waals surface area contributed by atoms with Crippen LogP contribution in [-0.2, 0) is 10.0 Å². The van der Waals surface area contributed by atoms with E-state index in [1.54, 1.807) is 6.92 Å². The largest absolute Gasteiger partial charge is 0.246 e. The van der Waals surface area contributed by atoms with E-state index in [2.05, 4.69) is 0 Å². The van der Waals surface area contributed by atoms with Crippen molar-refractivity contribution in [1.29, 1.82) is 5.26 Å². The first kappa shape index (κ1) is 15.9. The summed E-state index contributed by atoms with van der Waals surface area (Å²) < 4.78 is 53.4. The third-order valence-corrected chi connectivity index (χ3v) is 5.71. The van der Waals surface area contributed by atoms with Crippen LogP contribution in [0.15, 0.2) is 23.1 Å². The Kier molecular flexibility index (Phi) is 4.59. The van der Waals surface area contributed by atoms with Crippen LogP contribution >= 0.6 is 0 Å². The number of hydrogen-bond acceptors (Lipinski definition) is 3. The van der Waals surface area contributed by atoms with Gasteiger partial charge in [0, 0.05) is 19.0 Å². The summed E-state index contributed by atoms with van der Waals surface area (Å²) in [5.41, 5.74) is 0. The minimum absolute atomic E-state index is 0.00717. The van der Waals surface area contributed by atoms with Gasteiger partial charge in [-0.1, -0.05) is 6.07 Å². The topological polar surface area (TPSA) is 61.2 Å². The molecule has 1 aliphatic rings. The summed E-state index contributed by atoms with van der Waals surface area (Å²) in [5.74, 6) is -2.35. The van der Waals surface area contributed by atoms with Gasteiger partial charge in [0.25, 0.3) is 0 Å². The average molecular weight is 314 g/mol. The number of hydrogen-bond donors (Lipinski definition) is 0. The van der Waals surface area contributed by atoms with Crippen LogP contribution in [-0.4, -0.2) is 25.3 Å². The average Bonchev–Trinajstić information content (AvgIpc) is 3.26. The Hall–Kier alpha value is -1.52. The summed E-state index contributed by atoms with van der Waals surface area (Å²) in [6, 6.07) is 4.64. The quantitative estimate of drug-likeness (QED) is 0.811. The lowest BCUT2D eigenvalue weighted by atomic mass is 10.2. The van der Waals surface area contributed by atoms with Gasteiger partial charge in [0.2, 0.25) is 10.0 Å². The zero-order valence-corrected chi connectivity index (χ0v) is 12.4. The predicted octanol–water partition coefficient (Wildman–Crippen LogP) is 2.67. The van der Waals surface area contributed by atoms with Crippen molar-refractivity contribution in [2.75, 3.05) is 6.54 Å². The van der Waals surface area contributed by atoms with Crippen LogP contribution in [0.5, 0.6) is 0 Å². The number of nitrogens with zero attached hydrogens (tertiary/aromatic N) is 2. The second-order valence-electron chi connectivity index (χ2n) is 5.15. The molecule has 7 heteroatoms. The van der Waals surface area contributed by atoms with E-state index in [0.717, 1.165) is 35.3 Å². The maximum atomic E-state index is 13.8. The van der Waals surface area contributed by atoms with E-state index in [9.17, 15) is 17.2 Å². The molecule has 0 saturated heterocycles. The lowest BCUT2D eigenvalue weighted by molar-refractivity contribution is 0.312. The van der Waals surface area contributed by atoms with Gasteiger partial charge >= 0.3 is 0 Å². The Morgan fingerprint density at radius 3 is 2.67 bits per heavy atom. The third-order valence-electron chi connectivity index (χ3n) is 3.71. The first-order valence-electron chi connectivity index (χ1n) is 6.72. The highest BCUT2D eigenvalue weighted by Crippen LogP contribution is 2.37. The Balaban J connectivity index is 2.41. The summed E-state index contributed by atoms with van der Waals surface area (Å²) in [6.45, 7) is 1.72. The van der Waals surface area contributed by atoms with Gasteiger partial charge in [0.1, 0.15) is 4.90 Å². The highest BCUT2D eigenvalue weighted by molar-refractivity contribution is 7.89. The third kappa shape index (κ3) is 3.22. The number of nitriles is 1. The van der Waals surface area contributed by atoms with Crippen molar-refractivity contribution in [2.45, 2.75) is 37.1 Å². The molecule has 2 rings (SSSR count). The highest BCUT2D eigenvalue weighted by Gasteiger charge is 2.39. The van der Waals surface area contributed by atoms with Gasteiger partial charge in [0.15, 0.2) is 11.6 Å². The molecule has 0 radical (unpaired) electrons. The number of halogens is 2. The molecule has 1 fully saturated rings. The lowest BCUT2D eigenvalue weighted by Gasteiger charge is -2.27. The molecule has 0 bridgehead atoms. The van der Waals surface area contributed by atoms with Crippen LogP contribution < -0.4 is 0 Å². The van der Waals surface area contributed by atoms with Gasteiger partial charge in [-0.15, -0.1) is 0 Å². The monoisotopic (exact) mass is 314 g/mol. The fourth-order valence-corrected chi connectivity index (χ4v) is 4.09. The highest BCUT2D eigenvalue weighted by atomic mass is 32.2. The van der Waals surface area contributed by atoms with Crippen molar-refractivity contribution in [3.63, 3.8) is 0 Å². The predicted molar refractivity (Wildman–Crippen MR) is 72.7 cm³/mol. The second kappa shape index (κ2) is 6.08. The van der Waals surface area contributed by atoms with E-state index < -0.39 is 26.6 Å². The second-order valence-corrected chi connectivity index (χ2v) is 7.01. The van der Waals surface area contributed by atoms with Crippen LogP contribution in [0.25, 0.3) is 0 Å². The minimum atomic E-state index is -4.16. The van der Waals surface area contributed by atoms with Crippen molar-refractivity contribution in [3.05, 3.63) is 29.8 Å². The molecule has 0 N–H and O–H groups in total. The molecule has 1 atom stereocenters. The van der Waals surface area contributed by atoms with E-state index in [0.29, 0.717) is 0 Å². The van der Waals surface area contributed by atoms with Crippen molar-refractivity contribution >= 4 is 10.0 Å². The first-order chi connectivity index (χ1) is 9.89. The molecule has 0 heterocycles. The fraction of sp³-hybridized carbons (Fsp3) is 0.500. The SMILES string of the molecule is CC(C1CC1)N(CCC#N)S(=O)(=O)c1cccc(F)c1F. The molecule has 0 aliphatic heterocycles. The summed E-state index contributed by atoms with van der Waals surface area (Å²) in [7, 11) is -4.16. The van der Waals surface area contributed by atoms with Gasteiger partial charge in [-0.25, -0.2) is 17.2 Å². The molecule has 1 aliphatic carbocycles. The molecule has 0 aromatic heterocycles. The Morgan fingerprint density at radius 2 is 2.10 bits per heavy atom. The molecule has 0 spiro atoms. The smallest absolute Gasteiger partial charge is 0.207 e. The van der Waals surface area contributed by atoms with E-state index in [4.69, 9.17) is 5.26 Å². The maximum absolute atomic E-state index is 13.8. The van der Waals surface area contributed by atoms with Gasteiger partial charge in [-0.2, -0.15) is 9.57 Å². The van der Waals surface area contributed by atoms with Crippen molar-refractivity contribution in [1.82, 2.24) is 4.31 Å². The van der Waals surface area contributed by atoms with Crippen molar-refractivity contribution in [2.24, 2.45) is 5.92 Å². The molecule has 114 valence electrons. The standard InChI is InChI=1S/C14H16F2N2O2S/c1-10(11-6-7-11)18(9-3-8-17)21(19,20)13-5-2-4-12(15)14(13)16/h2,4-5,10-11H,3,6-7,9H2,1H3. The van der Waals surface area contributed by atoms with Gasteiger partial charge in [-0.05, 0) is 37.8 Å². The molecular weight excluding hydrogens is 298 g/mol. The normalized spacial score (nSPS) is 16.7. The van der Waals surface area contributed by atoms with E-state index in [1.807, 2.05) is 6.07 Å². The molecule has 4 nitrogen and oxygen atoms in total. The summed E-state index contributed by atoms with van der Waals surface area (Å²) in [6.07, 6.45) is 1.82. The number of benzene rings is 1. The van der Waals surface area contributed by atoms with Crippen LogP contribution in [0.4, 0.5) is 8.78 Å². The van der Waals surface area contributed by atoms with Crippen LogP contribution in [0.3, 0.4) is 0 Å². The van der Waals surface area contributed by atoms with Crippen LogP contribution in [0, 0.1) is 28.9 Å². The number of sulfonamides is 1. The van der Waals surface area contributed by atoms with Crippen molar-refractivity contribution < 1.29 is 17.2 Å². The summed E-state index contributed by atoms with van der Waals surface area (Å²) in [5, 5.41) is 8.68. The van der Waals surface area contributed by atoms with Crippen molar-refractivity contribution in [3.8, 4) is 6.07 Å². The Bertz CT molecular complexity index is 666. The summed E-state index contributed by atoms with van der Waals surface area (Å²) >= 11 is 0. The Morgan fingerprint density at radius 1 is 1.43 bits per heavy atom. The molecule has 1 aromatic rings. The zero-order valence-electron chi connectivity index (χ0n) is 11.6. The molecule has 0 amide bonds. The molecule has 21 heavy (non-hydrogen) atoms. The fourth-order valence-electron chi connectivity index (χ4n) is 2.33. The molecule has 1 saturated carbocycles. The molecule has 1 unspecified atom stereocenters. The Labute approximate surface area is 123 Å². The van der Waals surface area contributed by atoms with E-state index in [-0.39, 0.29) is 24.9 Å². The van der Waals surface area contributed by atoms with Crippen LogP contribution in [0.1, 0.15) is 26.2 Å². The zero-order chi connectivity index (χ0) is 15.6. The van der Waals surface area contributed by atoms with E-state index in [1.165, 1.54) is 0 Å². The van der Waals surface area contributed by atoms with E-state index >= 15 is 0 Å². The maximum Gasteiger partial charge on any atom is 0.246 e. The molecular formula is C14H16F2N2O2S. The number of rotatable bonds is 6. The van der Waals surface area contributed by atoms with Gasteiger partial charge in [-0.3, -0.25) is 0 Å². The minimum Gasteiger partial charge on any atom is -0.207 e.